The number of rotatable bonds is 8. The number of hydrogen-bond acceptors (Lipinski definition) is 4. The number of amides is 1. The molecule has 3 rings (SSSR count). The highest BCUT2D eigenvalue weighted by molar-refractivity contribution is 6.07. The summed E-state index contributed by atoms with van der Waals surface area (Å²) in [6, 6.07) is 19.1. The van der Waals surface area contributed by atoms with Crippen LogP contribution in [0, 0.1) is 25.2 Å². The number of carbonyl (C=O) groups excluding carboxylic acids is 1. The average Bonchev–Trinajstić information content (AvgIpc) is 3.09. The summed E-state index contributed by atoms with van der Waals surface area (Å²) in [7, 11) is 1.63. The normalized spacial score (nSPS) is 10.4. The minimum atomic E-state index is -0.132. The van der Waals surface area contributed by atoms with Crippen molar-refractivity contribution in [3.63, 3.8) is 0 Å². The van der Waals surface area contributed by atoms with Gasteiger partial charge in [0, 0.05) is 29.3 Å². The molecular weight excluding hydrogens is 390 g/mol. The van der Waals surface area contributed by atoms with Crippen LogP contribution in [0.2, 0.25) is 0 Å². The molecule has 0 saturated carbocycles. The minimum absolute atomic E-state index is 0.132. The molecule has 6 heteroatoms. The smallest absolute Gasteiger partial charge is 0.260 e. The Hall–Kier alpha value is -3.72. The molecule has 0 saturated heterocycles. The van der Waals surface area contributed by atoms with Crippen LogP contribution in [-0.4, -0.2) is 30.7 Å². The van der Waals surface area contributed by atoms with Crippen LogP contribution in [-0.2, 0) is 0 Å². The summed E-state index contributed by atoms with van der Waals surface area (Å²) in [6.45, 7) is 6.73. The first-order valence-electron chi connectivity index (χ1n) is 10.2. The monoisotopic (exact) mass is 417 g/mol. The number of nitrogens with zero attached hydrogens (tertiary/aromatic N) is 3. The minimum Gasteiger partial charge on any atom is -0.497 e. The summed E-state index contributed by atoms with van der Waals surface area (Å²) >= 11 is 0. The van der Waals surface area contributed by atoms with E-state index >= 15 is 0 Å². The average molecular weight is 418 g/mol. The van der Waals surface area contributed by atoms with E-state index in [9.17, 15) is 4.79 Å². The van der Waals surface area contributed by atoms with Crippen LogP contribution in [0.1, 0.15) is 35.1 Å². The first-order chi connectivity index (χ1) is 15.0. The van der Waals surface area contributed by atoms with Crippen LogP contribution in [0.4, 0.5) is 5.69 Å². The number of anilines is 1. The van der Waals surface area contributed by atoms with Gasteiger partial charge in [-0.05, 0) is 75.4 Å². The number of aryl methyl sites for hydroxylation is 1. The van der Waals surface area contributed by atoms with E-state index in [1.807, 2.05) is 79.9 Å². The highest BCUT2D eigenvalue weighted by atomic mass is 16.5. The van der Waals surface area contributed by atoms with Crippen molar-refractivity contribution in [1.82, 2.24) is 4.57 Å². The van der Waals surface area contributed by atoms with Crippen molar-refractivity contribution in [2.75, 3.05) is 25.2 Å². The summed E-state index contributed by atoms with van der Waals surface area (Å²) in [6.07, 6.45) is 0.246. The summed E-state index contributed by atoms with van der Waals surface area (Å²) in [5.41, 5.74) is 4.11. The Morgan fingerprint density at radius 3 is 2.29 bits per heavy atom. The standard InChI is InChI=1S/C25H27N3O3/c1-5-31-23-13-7-20(8-14-23)27(16-6-15-26)25(29)24-17-18(2)28(19(24)3)21-9-11-22(30-4)12-10-21/h7-14,17H,5-6,16H2,1-4H3. The summed E-state index contributed by atoms with van der Waals surface area (Å²) in [4.78, 5) is 15.2. The summed E-state index contributed by atoms with van der Waals surface area (Å²) in [5, 5.41) is 9.10. The van der Waals surface area contributed by atoms with Crippen LogP contribution in [0.3, 0.4) is 0 Å². The number of methoxy groups -OCH3 is 1. The van der Waals surface area contributed by atoms with Gasteiger partial charge in [0.2, 0.25) is 0 Å². The topological polar surface area (TPSA) is 67.5 Å². The molecule has 0 N–H and O–H groups in total. The molecule has 0 aliphatic heterocycles. The number of aromatic nitrogens is 1. The summed E-state index contributed by atoms with van der Waals surface area (Å²) < 4.78 is 12.8. The van der Waals surface area contributed by atoms with Gasteiger partial charge < -0.3 is 18.9 Å². The van der Waals surface area contributed by atoms with Crippen molar-refractivity contribution in [1.29, 1.82) is 5.26 Å². The molecule has 0 aliphatic rings. The molecule has 0 bridgehead atoms. The number of hydrogen-bond donors (Lipinski definition) is 0. The molecular formula is C25H27N3O3. The third kappa shape index (κ3) is 4.72. The van der Waals surface area contributed by atoms with E-state index in [0.29, 0.717) is 18.7 Å². The second-order valence-electron chi connectivity index (χ2n) is 7.11. The number of nitriles is 1. The lowest BCUT2D eigenvalue weighted by molar-refractivity contribution is 0.0987. The number of benzene rings is 2. The van der Waals surface area contributed by atoms with Gasteiger partial charge in [-0.2, -0.15) is 5.26 Å². The van der Waals surface area contributed by atoms with E-state index in [2.05, 4.69) is 6.07 Å². The van der Waals surface area contributed by atoms with Crippen LogP contribution in [0.25, 0.3) is 5.69 Å². The molecule has 1 heterocycles. The van der Waals surface area contributed by atoms with Gasteiger partial charge in [0.05, 0.1) is 31.8 Å². The third-order valence-electron chi connectivity index (χ3n) is 5.14. The van der Waals surface area contributed by atoms with Crippen LogP contribution < -0.4 is 14.4 Å². The lowest BCUT2D eigenvalue weighted by Gasteiger charge is -2.22. The largest absolute Gasteiger partial charge is 0.497 e. The van der Waals surface area contributed by atoms with E-state index < -0.39 is 0 Å². The van der Waals surface area contributed by atoms with E-state index in [-0.39, 0.29) is 12.3 Å². The zero-order chi connectivity index (χ0) is 22.4. The fourth-order valence-corrected chi connectivity index (χ4v) is 3.65. The molecule has 1 amide bonds. The maximum atomic E-state index is 13.5. The van der Waals surface area contributed by atoms with Crippen molar-refractivity contribution < 1.29 is 14.3 Å². The molecule has 6 nitrogen and oxygen atoms in total. The van der Waals surface area contributed by atoms with Gasteiger partial charge in [-0.25, -0.2) is 0 Å². The van der Waals surface area contributed by atoms with Crippen molar-refractivity contribution >= 4 is 11.6 Å². The van der Waals surface area contributed by atoms with Gasteiger partial charge in [0.25, 0.3) is 5.91 Å². The van der Waals surface area contributed by atoms with Gasteiger partial charge in [-0.15, -0.1) is 0 Å². The molecule has 2 aromatic carbocycles. The maximum Gasteiger partial charge on any atom is 0.260 e. The lowest BCUT2D eigenvalue weighted by atomic mass is 10.1. The summed E-state index contributed by atoms with van der Waals surface area (Å²) in [5.74, 6) is 1.39. The molecule has 0 spiro atoms. The predicted octanol–water partition coefficient (Wildman–Crippen LogP) is 5.06. The molecule has 0 atom stereocenters. The van der Waals surface area contributed by atoms with E-state index in [1.165, 1.54) is 0 Å². The molecule has 31 heavy (non-hydrogen) atoms. The first kappa shape index (κ1) is 22.0. The fourth-order valence-electron chi connectivity index (χ4n) is 3.65. The molecule has 0 radical (unpaired) electrons. The van der Waals surface area contributed by atoms with Crippen LogP contribution in [0.15, 0.2) is 54.6 Å². The van der Waals surface area contributed by atoms with E-state index in [4.69, 9.17) is 14.7 Å². The zero-order valence-corrected chi connectivity index (χ0v) is 18.4. The Morgan fingerprint density at radius 1 is 1.06 bits per heavy atom. The number of carbonyl (C=O) groups is 1. The predicted molar refractivity (Wildman–Crippen MR) is 121 cm³/mol. The van der Waals surface area contributed by atoms with Crippen LogP contribution in [0.5, 0.6) is 11.5 Å². The zero-order valence-electron chi connectivity index (χ0n) is 18.4. The van der Waals surface area contributed by atoms with Crippen LogP contribution >= 0.6 is 0 Å². The second-order valence-corrected chi connectivity index (χ2v) is 7.11. The molecule has 0 fully saturated rings. The molecule has 3 aromatic rings. The van der Waals surface area contributed by atoms with E-state index in [0.717, 1.165) is 34.3 Å². The lowest BCUT2D eigenvalue weighted by Crippen LogP contribution is -2.32. The van der Waals surface area contributed by atoms with Crippen molar-refractivity contribution in [3.05, 3.63) is 71.5 Å². The highest BCUT2D eigenvalue weighted by Crippen LogP contribution is 2.27. The van der Waals surface area contributed by atoms with Gasteiger partial charge >= 0.3 is 0 Å². The molecule has 0 unspecified atom stereocenters. The van der Waals surface area contributed by atoms with Gasteiger partial charge in [0.1, 0.15) is 11.5 Å². The third-order valence-corrected chi connectivity index (χ3v) is 5.14. The Bertz CT molecular complexity index is 1080. The van der Waals surface area contributed by atoms with Gasteiger partial charge in [-0.1, -0.05) is 0 Å². The Kier molecular flexibility index (Phi) is 6.99. The Labute approximate surface area is 183 Å². The molecule has 1 aromatic heterocycles. The highest BCUT2D eigenvalue weighted by Gasteiger charge is 2.23. The van der Waals surface area contributed by atoms with Crippen molar-refractivity contribution in [2.24, 2.45) is 0 Å². The van der Waals surface area contributed by atoms with E-state index in [1.54, 1.807) is 12.0 Å². The van der Waals surface area contributed by atoms with Crippen molar-refractivity contribution in [3.8, 4) is 23.3 Å². The molecule has 160 valence electrons. The fraction of sp³-hybridized carbons (Fsp3) is 0.280. The molecule has 0 aliphatic carbocycles. The quantitative estimate of drug-likeness (QED) is 0.514. The second kappa shape index (κ2) is 9.86. The first-order valence-corrected chi connectivity index (χ1v) is 10.2. The number of ether oxygens (including phenoxy) is 2. The van der Waals surface area contributed by atoms with Crippen molar-refractivity contribution in [2.45, 2.75) is 27.2 Å². The Balaban J connectivity index is 1.96. The Morgan fingerprint density at radius 2 is 1.71 bits per heavy atom. The van der Waals surface area contributed by atoms with Gasteiger partial charge in [0.15, 0.2) is 0 Å². The maximum absolute atomic E-state index is 13.5. The van der Waals surface area contributed by atoms with Gasteiger partial charge in [-0.3, -0.25) is 4.79 Å². The SMILES string of the molecule is CCOc1ccc(N(CCC#N)C(=O)c2cc(C)n(-c3ccc(OC)cc3)c2C)cc1.